The summed E-state index contributed by atoms with van der Waals surface area (Å²) in [5, 5.41) is 14.0. The van der Waals surface area contributed by atoms with E-state index in [1.807, 2.05) is 6.07 Å². The van der Waals surface area contributed by atoms with E-state index in [9.17, 15) is 9.90 Å². The quantitative estimate of drug-likeness (QED) is 0.830. The first kappa shape index (κ1) is 12.0. The number of rotatable bonds is 1. The Bertz CT molecular complexity index is 685. The second-order valence-electron chi connectivity index (χ2n) is 4.03. The molecule has 6 heteroatoms. The Balaban J connectivity index is 1.96. The van der Waals surface area contributed by atoms with Crippen molar-refractivity contribution < 1.29 is 9.90 Å². The van der Waals surface area contributed by atoms with Gasteiger partial charge in [-0.15, -0.1) is 0 Å². The van der Waals surface area contributed by atoms with E-state index in [4.69, 9.17) is 0 Å². The zero-order valence-corrected chi connectivity index (χ0v) is 10.8. The summed E-state index contributed by atoms with van der Waals surface area (Å²) in [7, 11) is 0. The maximum Gasteiger partial charge on any atom is 0.262 e. The lowest BCUT2D eigenvalue weighted by Crippen LogP contribution is -2.27. The standard InChI is InChI=1S/C13H11N3O2S/c17-11-8-3-1-2-4-10(8)15-7-9(11)12(18)16-13-14-5-6-19-13/h1-4,7H,5-6H2,(H,15,17)(H,14,16,18). The number of nitrogens with one attached hydrogen (secondary N) is 1. The Labute approximate surface area is 113 Å². The van der Waals surface area contributed by atoms with Crippen molar-refractivity contribution in [2.45, 2.75) is 0 Å². The predicted molar refractivity (Wildman–Crippen MR) is 75.6 cm³/mol. The van der Waals surface area contributed by atoms with E-state index in [2.05, 4.69) is 15.3 Å². The van der Waals surface area contributed by atoms with Crippen LogP contribution in [0.15, 0.2) is 35.5 Å². The van der Waals surface area contributed by atoms with E-state index >= 15 is 0 Å². The summed E-state index contributed by atoms with van der Waals surface area (Å²) < 4.78 is 0. The van der Waals surface area contributed by atoms with E-state index in [-0.39, 0.29) is 17.2 Å². The van der Waals surface area contributed by atoms with Crippen LogP contribution in [0.25, 0.3) is 10.9 Å². The number of hydrogen-bond acceptors (Lipinski definition) is 5. The van der Waals surface area contributed by atoms with Gasteiger partial charge >= 0.3 is 0 Å². The number of para-hydroxylation sites is 1. The summed E-state index contributed by atoms with van der Waals surface area (Å²) in [5.74, 6) is 0.438. The van der Waals surface area contributed by atoms with E-state index in [0.29, 0.717) is 22.6 Å². The van der Waals surface area contributed by atoms with Gasteiger partial charge in [0.2, 0.25) is 0 Å². The van der Waals surface area contributed by atoms with Gasteiger partial charge in [-0.25, -0.2) is 0 Å². The number of amidine groups is 1. The largest absolute Gasteiger partial charge is 0.506 e. The smallest absolute Gasteiger partial charge is 0.262 e. The van der Waals surface area contributed by atoms with Gasteiger partial charge in [-0.1, -0.05) is 23.9 Å². The molecule has 19 heavy (non-hydrogen) atoms. The normalized spacial score (nSPS) is 14.4. The Kier molecular flexibility index (Phi) is 3.08. The number of thioether (sulfide) groups is 1. The monoisotopic (exact) mass is 273 g/mol. The lowest BCUT2D eigenvalue weighted by molar-refractivity contribution is 0.0975. The van der Waals surface area contributed by atoms with E-state index in [1.165, 1.54) is 18.0 Å². The van der Waals surface area contributed by atoms with Crippen LogP contribution < -0.4 is 5.32 Å². The van der Waals surface area contributed by atoms with Crippen LogP contribution in [-0.4, -0.2) is 33.5 Å². The molecule has 2 N–H and O–H groups in total. The van der Waals surface area contributed by atoms with Gasteiger partial charge in [0.25, 0.3) is 5.91 Å². The second kappa shape index (κ2) is 4.89. The average molecular weight is 273 g/mol. The summed E-state index contributed by atoms with van der Waals surface area (Å²) in [6.07, 6.45) is 1.38. The summed E-state index contributed by atoms with van der Waals surface area (Å²) in [6, 6.07) is 7.14. The Morgan fingerprint density at radius 1 is 1.37 bits per heavy atom. The fourth-order valence-corrected chi connectivity index (χ4v) is 2.59. The van der Waals surface area contributed by atoms with Crippen LogP contribution >= 0.6 is 11.8 Å². The van der Waals surface area contributed by atoms with E-state index in [0.717, 1.165) is 5.75 Å². The first-order valence-electron chi connectivity index (χ1n) is 5.81. The molecule has 0 bridgehead atoms. The summed E-state index contributed by atoms with van der Waals surface area (Å²) >= 11 is 1.49. The van der Waals surface area contributed by atoms with Gasteiger partial charge in [0.05, 0.1) is 12.1 Å². The van der Waals surface area contributed by atoms with Crippen LogP contribution in [0.1, 0.15) is 10.4 Å². The first-order chi connectivity index (χ1) is 9.25. The predicted octanol–water partition coefficient (Wildman–Crippen LogP) is 1.77. The van der Waals surface area contributed by atoms with Gasteiger partial charge in [-0.2, -0.15) is 0 Å². The van der Waals surface area contributed by atoms with Crippen LogP contribution in [-0.2, 0) is 0 Å². The molecule has 0 saturated carbocycles. The molecule has 1 aliphatic heterocycles. The number of carbonyl (C=O) groups excluding carboxylic acids is 1. The number of pyridine rings is 1. The molecule has 1 aliphatic rings. The van der Waals surface area contributed by atoms with Crippen LogP contribution in [0.3, 0.4) is 0 Å². The molecule has 0 spiro atoms. The number of carbonyl (C=O) groups is 1. The number of hydrogen-bond donors (Lipinski definition) is 2. The topological polar surface area (TPSA) is 74.6 Å². The van der Waals surface area contributed by atoms with Crippen LogP contribution in [0.2, 0.25) is 0 Å². The average Bonchev–Trinajstić information content (AvgIpc) is 2.92. The molecule has 0 aliphatic carbocycles. The van der Waals surface area contributed by atoms with Crippen LogP contribution in [0.4, 0.5) is 0 Å². The van der Waals surface area contributed by atoms with Crippen LogP contribution in [0.5, 0.6) is 5.75 Å². The van der Waals surface area contributed by atoms with Gasteiger partial charge in [-0.05, 0) is 12.1 Å². The molecule has 0 unspecified atom stereocenters. The molecule has 1 aromatic carbocycles. The number of benzene rings is 1. The number of aromatic nitrogens is 1. The highest BCUT2D eigenvalue weighted by Crippen LogP contribution is 2.26. The highest BCUT2D eigenvalue weighted by molar-refractivity contribution is 8.14. The molecule has 96 valence electrons. The number of aromatic hydroxyl groups is 1. The number of fused-ring (bicyclic) bond motifs is 1. The lowest BCUT2D eigenvalue weighted by Gasteiger charge is -2.07. The zero-order chi connectivity index (χ0) is 13.2. The molecular weight excluding hydrogens is 262 g/mol. The van der Waals surface area contributed by atoms with Gasteiger partial charge in [0, 0.05) is 17.3 Å². The van der Waals surface area contributed by atoms with Gasteiger partial charge in [0.15, 0.2) is 5.17 Å². The van der Waals surface area contributed by atoms with Crippen molar-refractivity contribution >= 4 is 33.7 Å². The van der Waals surface area contributed by atoms with Crippen molar-refractivity contribution in [2.24, 2.45) is 4.99 Å². The third-order valence-electron chi connectivity index (χ3n) is 2.80. The Morgan fingerprint density at radius 2 is 2.21 bits per heavy atom. The fourth-order valence-electron chi connectivity index (χ4n) is 1.87. The van der Waals surface area contributed by atoms with Crippen molar-refractivity contribution in [3.63, 3.8) is 0 Å². The minimum Gasteiger partial charge on any atom is -0.506 e. The number of nitrogens with zero attached hydrogens (tertiary/aromatic N) is 2. The molecule has 0 atom stereocenters. The van der Waals surface area contributed by atoms with Gasteiger partial charge in [0.1, 0.15) is 11.3 Å². The van der Waals surface area contributed by atoms with Gasteiger partial charge in [-0.3, -0.25) is 14.8 Å². The van der Waals surface area contributed by atoms with Crippen molar-refractivity contribution in [1.29, 1.82) is 0 Å². The molecule has 1 amide bonds. The summed E-state index contributed by atoms with van der Waals surface area (Å²) in [6.45, 7) is 0.711. The Morgan fingerprint density at radius 3 is 3.00 bits per heavy atom. The van der Waals surface area contributed by atoms with Gasteiger partial charge < -0.3 is 10.4 Å². The Hall–Kier alpha value is -2.08. The van der Waals surface area contributed by atoms with E-state index < -0.39 is 0 Å². The maximum absolute atomic E-state index is 12.1. The lowest BCUT2D eigenvalue weighted by atomic mass is 10.1. The summed E-state index contributed by atoms with van der Waals surface area (Å²) in [4.78, 5) is 20.4. The highest BCUT2D eigenvalue weighted by Gasteiger charge is 2.17. The summed E-state index contributed by atoms with van der Waals surface area (Å²) in [5.41, 5.74) is 0.818. The first-order valence-corrected chi connectivity index (χ1v) is 6.79. The minimum atomic E-state index is -0.385. The molecule has 5 nitrogen and oxygen atoms in total. The molecule has 1 aromatic heterocycles. The second-order valence-corrected chi connectivity index (χ2v) is 5.11. The van der Waals surface area contributed by atoms with Crippen molar-refractivity contribution in [1.82, 2.24) is 10.3 Å². The van der Waals surface area contributed by atoms with Crippen molar-refractivity contribution in [3.8, 4) is 5.75 Å². The maximum atomic E-state index is 12.1. The molecule has 2 aromatic rings. The number of aliphatic imine (C=N–C) groups is 1. The molecule has 3 rings (SSSR count). The zero-order valence-electron chi connectivity index (χ0n) is 9.96. The molecule has 2 heterocycles. The SMILES string of the molecule is O=C(NC1=NCCS1)c1cnc2ccccc2c1O. The molecule has 0 radical (unpaired) electrons. The van der Waals surface area contributed by atoms with E-state index in [1.54, 1.807) is 18.2 Å². The molecule has 0 fully saturated rings. The van der Waals surface area contributed by atoms with Crippen molar-refractivity contribution in [2.75, 3.05) is 12.3 Å². The number of amides is 1. The molecule has 0 saturated heterocycles. The fraction of sp³-hybridized carbons (Fsp3) is 0.154. The highest BCUT2D eigenvalue weighted by atomic mass is 32.2. The van der Waals surface area contributed by atoms with Crippen LogP contribution in [0, 0.1) is 0 Å². The third-order valence-corrected chi connectivity index (χ3v) is 3.69. The molecular formula is C13H11N3O2S. The third kappa shape index (κ3) is 2.26. The minimum absolute atomic E-state index is 0.0494. The van der Waals surface area contributed by atoms with Crippen molar-refractivity contribution in [3.05, 3.63) is 36.0 Å².